The van der Waals surface area contributed by atoms with E-state index < -0.39 is 7.33 Å². The van der Waals surface area contributed by atoms with E-state index in [0.717, 1.165) is 11.8 Å². The number of hydrogen-bond acceptors (Lipinski definition) is 3. The summed E-state index contributed by atoms with van der Waals surface area (Å²) in [6, 6.07) is 1.37. The van der Waals surface area contributed by atoms with Crippen molar-refractivity contribution in [2.24, 2.45) is 0 Å². The molecule has 2 N–H and O–H groups in total. The zero-order chi connectivity index (χ0) is 11.7. The second kappa shape index (κ2) is 4.85. The molecule has 0 saturated carbocycles. The van der Waals surface area contributed by atoms with E-state index in [1.165, 1.54) is 12.3 Å². The monoisotopic (exact) mass is 324 g/mol. The lowest BCUT2D eigenvalue weighted by molar-refractivity contribution is 1.09. The van der Waals surface area contributed by atoms with Crippen LogP contribution >= 0.6 is 70.4 Å². The maximum atomic E-state index is 10.3. The quantitative estimate of drug-likeness (QED) is 0.436. The number of nitrogens with one attached hydrogen (secondary N) is 2. The SMILES string of the molecule is ClC1(Cl)SC1(Cl)Cl.O=c1cc[nH]c(=S)[nH]1. The van der Waals surface area contributed by atoms with E-state index in [0.29, 0.717) is 4.77 Å². The summed E-state index contributed by atoms with van der Waals surface area (Å²) in [7, 11) is 0. The fourth-order valence-electron chi connectivity index (χ4n) is 0.518. The van der Waals surface area contributed by atoms with Gasteiger partial charge in [-0.2, -0.15) is 0 Å². The summed E-state index contributed by atoms with van der Waals surface area (Å²) < 4.78 is -1.57. The van der Waals surface area contributed by atoms with Gasteiger partial charge in [-0.15, -0.1) is 0 Å². The van der Waals surface area contributed by atoms with Crippen molar-refractivity contribution >= 4 is 70.4 Å². The van der Waals surface area contributed by atoms with Crippen LogP contribution in [0, 0.1) is 4.77 Å². The van der Waals surface area contributed by atoms with Gasteiger partial charge in [0.05, 0.1) is 0 Å². The third-order valence-corrected chi connectivity index (χ3v) is 5.28. The minimum Gasteiger partial charge on any atom is -0.339 e. The zero-order valence-corrected chi connectivity index (χ0v) is 11.5. The fourth-order valence-corrected chi connectivity index (χ4v) is 2.82. The highest BCUT2D eigenvalue weighted by molar-refractivity contribution is 8.16. The van der Waals surface area contributed by atoms with Crippen LogP contribution in [0.4, 0.5) is 0 Å². The molecule has 0 aromatic carbocycles. The van der Waals surface area contributed by atoms with Crippen LogP contribution in [0.5, 0.6) is 0 Å². The van der Waals surface area contributed by atoms with Crippen LogP contribution in [-0.4, -0.2) is 17.3 Å². The summed E-state index contributed by atoms with van der Waals surface area (Å²) in [5.74, 6) is 0. The van der Waals surface area contributed by atoms with Gasteiger partial charge in [-0.1, -0.05) is 58.2 Å². The Bertz CT molecular complexity index is 417. The molecule has 0 radical (unpaired) electrons. The normalized spacial score (nSPS) is 20.0. The van der Waals surface area contributed by atoms with E-state index in [9.17, 15) is 4.79 Å². The van der Waals surface area contributed by atoms with Crippen molar-refractivity contribution in [3.63, 3.8) is 0 Å². The predicted octanol–water partition coefficient (Wildman–Crippen LogP) is 3.43. The fraction of sp³-hybridized carbons (Fsp3) is 0.333. The Hall–Kier alpha value is 0.610. The molecule has 1 aliphatic heterocycles. The third kappa shape index (κ3) is 4.17. The summed E-state index contributed by atoms with van der Waals surface area (Å²) >= 11 is 27.3. The number of hydrogen-bond donors (Lipinski definition) is 2. The van der Waals surface area contributed by atoms with Crippen LogP contribution in [-0.2, 0) is 0 Å². The van der Waals surface area contributed by atoms with Crippen molar-refractivity contribution in [3.8, 4) is 0 Å². The molecule has 0 amide bonds. The van der Waals surface area contributed by atoms with Gasteiger partial charge in [0.2, 0.25) is 7.33 Å². The first-order valence-electron chi connectivity index (χ1n) is 3.48. The Morgan fingerprint density at radius 2 is 1.73 bits per heavy atom. The molecular weight excluding hydrogens is 322 g/mol. The van der Waals surface area contributed by atoms with E-state index in [1.54, 1.807) is 0 Å². The molecule has 1 fully saturated rings. The summed E-state index contributed by atoms with van der Waals surface area (Å²) in [4.78, 5) is 15.4. The lowest BCUT2D eigenvalue weighted by Crippen LogP contribution is -2.02. The number of aromatic nitrogens is 2. The van der Waals surface area contributed by atoms with Gasteiger partial charge < -0.3 is 4.98 Å². The molecule has 3 nitrogen and oxygen atoms in total. The van der Waals surface area contributed by atoms with Gasteiger partial charge >= 0.3 is 0 Å². The minimum atomic E-state index is -0.962. The Labute approximate surface area is 114 Å². The standard InChI is InChI=1S/C4H4N2OS.C2Cl4S/c7-3-1-2-5-4(8)6-3;3-1(4)2(5,6)7-1/h1-2H,(H2,5,6,7,8);. The van der Waals surface area contributed by atoms with Crippen LogP contribution in [0.25, 0.3) is 0 Å². The molecule has 0 bridgehead atoms. The molecule has 0 spiro atoms. The van der Waals surface area contributed by atoms with Crippen molar-refractivity contribution in [1.82, 2.24) is 9.97 Å². The van der Waals surface area contributed by atoms with E-state index in [1.807, 2.05) is 0 Å². The Morgan fingerprint density at radius 1 is 1.27 bits per heavy atom. The molecule has 9 heteroatoms. The Kier molecular flexibility index (Phi) is 4.43. The predicted molar refractivity (Wildman–Crippen MR) is 68.7 cm³/mol. The number of H-pyrrole nitrogens is 2. The molecule has 0 aliphatic carbocycles. The van der Waals surface area contributed by atoms with Crippen LogP contribution < -0.4 is 5.56 Å². The highest BCUT2D eigenvalue weighted by Gasteiger charge is 2.67. The smallest absolute Gasteiger partial charge is 0.251 e. The molecule has 1 aliphatic rings. The number of halogens is 4. The molecular formula is C6H4Cl4N2OS2. The molecule has 1 aromatic rings. The summed E-state index contributed by atoms with van der Waals surface area (Å²) in [5, 5.41) is 0. The minimum absolute atomic E-state index is 0.172. The molecule has 1 saturated heterocycles. The maximum Gasteiger partial charge on any atom is 0.251 e. The largest absolute Gasteiger partial charge is 0.339 e. The highest BCUT2D eigenvalue weighted by Crippen LogP contribution is 2.74. The van der Waals surface area contributed by atoms with Crippen molar-refractivity contribution in [1.29, 1.82) is 0 Å². The van der Waals surface area contributed by atoms with Crippen molar-refractivity contribution < 1.29 is 0 Å². The maximum absolute atomic E-state index is 10.3. The highest BCUT2D eigenvalue weighted by atomic mass is 35.5. The second-order valence-electron chi connectivity index (χ2n) is 2.43. The summed E-state index contributed by atoms with van der Waals surface area (Å²) in [6.45, 7) is 0. The molecule has 2 rings (SSSR count). The Morgan fingerprint density at radius 3 is 1.93 bits per heavy atom. The van der Waals surface area contributed by atoms with Crippen LogP contribution in [0.15, 0.2) is 17.1 Å². The first kappa shape index (κ1) is 13.7. The number of aromatic amines is 2. The third-order valence-electron chi connectivity index (χ3n) is 1.24. The zero-order valence-electron chi connectivity index (χ0n) is 6.89. The first-order chi connectivity index (χ1) is 6.74. The average Bonchev–Trinajstić information content (AvgIpc) is 2.47. The lowest BCUT2D eigenvalue weighted by Gasteiger charge is -1.90. The number of rotatable bonds is 0. The molecule has 0 atom stereocenters. The van der Waals surface area contributed by atoms with Gasteiger partial charge in [0.15, 0.2) is 4.77 Å². The van der Waals surface area contributed by atoms with Gasteiger partial charge in [-0.25, -0.2) is 0 Å². The van der Waals surface area contributed by atoms with Gasteiger partial charge in [0.25, 0.3) is 5.56 Å². The van der Waals surface area contributed by atoms with E-state index >= 15 is 0 Å². The first-order valence-corrected chi connectivity index (χ1v) is 6.22. The average molecular weight is 326 g/mol. The van der Waals surface area contributed by atoms with Crippen molar-refractivity contribution in [3.05, 3.63) is 27.4 Å². The van der Waals surface area contributed by atoms with Crippen LogP contribution in [0.2, 0.25) is 0 Å². The molecule has 2 heterocycles. The summed E-state index contributed by atoms with van der Waals surface area (Å²) in [5.41, 5.74) is -0.172. The Balaban J connectivity index is 0.000000151. The van der Waals surface area contributed by atoms with Gasteiger partial charge in [0.1, 0.15) is 0 Å². The number of alkyl halides is 4. The van der Waals surface area contributed by atoms with E-state index in [4.69, 9.17) is 46.4 Å². The molecule has 0 unspecified atom stereocenters. The molecule has 84 valence electrons. The van der Waals surface area contributed by atoms with Crippen molar-refractivity contribution in [2.75, 3.05) is 0 Å². The van der Waals surface area contributed by atoms with Gasteiger partial charge in [-0.3, -0.25) is 9.78 Å². The van der Waals surface area contributed by atoms with Crippen LogP contribution in [0.1, 0.15) is 0 Å². The molecule has 15 heavy (non-hydrogen) atoms. The van der Waals surface area contributed by atoms with Gasteiger partial charge in [-0.05, 0) is 12.2 Å². The van der Waals surface area contributed by atoms with Gasteiger partial charge in [0, 0.05) is 12.3 Å². The van der Waals surface area contributed by atoms with E-state index in [-0.39, 0.29) is 5.56 Å². The number of thioether (sulfide) groups is 1. The lowest BCUT2D eigenvalue weighted by atomic mass is 10.7. The second-order valence-corrected chi connectivity index (χ2v) is 7.82. The van der Waals surface area contributed by atoms with Crippen LogP contribution in [0.3, 0.4) is 0 Å². The topological polar surface area (TPSA) is 48.6 Å². The van der Waals surface area contributed by atoms with Crippen molar-refractivity contribution in [2.45, 2.75) is 7.33 Å². The molecule has 1 aromatic heterocycles. The van der Waals surface area contributed by atoms with E-state index in [2.05, 4.69) is 22.2 Å². The summed E-state index contributed by atoms with van der Waals surface area (Å²) in [6.07, 6.45) is 1.50.